The molecule has 0 bridgehead atoms. The Bertz CT molecular complexity index is 432. The fraction of sp³-hybridized carbons (Fsp3) is 0.632. The molecular weight excluding hydrogens is 286 g/mol. The molecule has 130 valence electrons. The van der Waals surface area contributed by atoms with Crippen molar-refractivity contribution in [3.8, 4) is 0 Å². The number of nitrogens with one attached hydrogen (secondary N) is 2. The van der Waals surface area contributed by atoms with Gasteiger partial charge in [-0.1, -0.05) is 44.2 Å². The Kier molecular flexibility index (Phi) is 10.1. The Morgan fingerprint density at radius 2 is 1.87 bits per heavy atom. The molecule has 2 N–H and O–H groups in total. The van der Waals surface area contributed by atoms with Crippen molar-refractivity contribution in [1.29, 1.82) is 0 Å². The summed E-state index contributed by atoms with van der Waals surface area (Å²) in [5.74, 6) is 1.94. The third-order valence-corrected chi connectivity index (χ3v) is 3.96. The second kappa shape index (κ2) is 11.9. The minimum absolute atomic E-state index is 0.479. The van der Waals surface area contributed by atoms with Gasteiger partial charge in [-0.3, -0.25) is 4.99 Å². The van der Waals surface area contributed by atoms with Gasteiger partial charge >= 0.3 is 0 Å². The summed E-state index contributed by atoms with van der Waals surface area (Å²) in [5.41, 5.74) is 1.38. The van der Waals surface area contributed by atoms with Crippen LogP contribution in [0.5, 0.6) is 0 Å². The zero-order valence-electron chi connectivity index (χ0n) is 15.1. The van der Waals surface area contributed by atoms with Gasteiger partial charge < -0.3 is 15.4 Å². The van der Waals surface area contributed by atoms with Crippen molar-refractivity contribution in [1.82, 2.24) is 10.6 Å². The summed E-state index contributed by atoms with van der Waals surface area (Å²) >= 11 is 0. The maximum Gasteiger partial charge on any atom is 0.190 e. The molecule has 4 heteroatoms. The Morgan fingerprint density at radius 1 is 1.13 bits per heavy atom. The van der Waals surface area contributed by atoms with E-state index in [1.807, 2.05) is 14.0 Å². The van der Waals surface area contributed by atoms with Crippen molar-refractivity contribution in [2.75, 3.05) is 33.4 Å². The smallest absolute Gasteiger partial charge is 0.190 e. The number of rotatable bonds is 10. The SMILES string of the molecule is CCOCCCCNC(=NC)NCC(c1ccccc1)C(C)C. The largest absolute Gasteiger partial charge is 0.382 e. The topological polar surface area (TPSA) is 45.6 Å². The molecule has 0 radical (unpaired) electrons. The van der Waals surface area contributed by atoms with Gasteiger partial charge in [-0.05, 0) is 31.2 Å². The Hall–Kier alpha value is -1.55. The van der Waals surface area contributed by atoms with E-state index in [1.165, 1.54) is 5.56 Å². The third-order valence-electron chi connectivity index (χ3n) is 3.96. The summed E-state index contributed by atoms with van der Waals surface area (Å²) in [6.45, 7) is 10.0. The normalized spacial score (nSPS) is 13.2. The van der Waals surface area contributed by atoms with Crippen LogP contribution < -0.4 is 10.6 Å². The molecule has 1 unspecified atom stereocenters. The first-order valence-corrected chi connectivity index (χ1v) is 8.76. The molecule has 1 aromatic carbocycles. The highest BCUT2D eigenvalue weighted by Gasteiger charge is 2.15. The molecule has 0 heterocycles. The number of aliphatic imine (C=N–C) groups is 1. The number of benzene rings is 1. The van der Waals surface area contributed by atoms with E-state index in [0.717, 1.165) is 45.1 Å². The van der Waals surface area contributed by atoms with Gasteiger partial charge in [-0.15, -0.1) is 0 Å². The lowest BCUT2D eigenvalue weighted by molar-refractivity contribution is 0.143. The minimum Gasteiger partial charge on any atom is -0.382 e. The van der Waals surface area contributed by atoms with Crippen LogP contribution >= 0.6 is 0 Å². The van der Waals surface area contributed by atoms with Crippen LogP contribution in [-0.4, -0.2) is 39.3 Å². The Balaban J connectivity index is 2.37. The van der Waals surface area contributed by atoms with Gasteiger partial charge in [0.2, 0.25) is 0 Å². The molecule has 0 aliphatic heterocycles. The van der Waals surface area contributed by atoms with E-state index < -0.39 is 0 Å². The van der Waals surface area contributed by atoms with Crippen LogP contribution in [0.2, 0.25) is 0 Å². The molecule has 1 rings (SSSR count). The van der Waals surface area contributed by atoms with Gasteiger partial charge in [-0.25, -0.2) is 0 Å². The van der Waals surface area contributed by atoms with Crippen molar-refractivity contribution in [2.24, 2.45) is 10.9 Å². The van der Waals surface area contributed by atoms with Crippen LogP contribution in [-0.2, 0) is 4.74 Å². The summed E-state index contributed by atoms with van der Waals surface area (Å²) < 4.78 is 5.35. The molecule has 0 saturated heterocycles. The molecule has 0 spiro atoms. The highest BCUT2D eigenvalue weighted by Crippen LogP contribution is 2.23. The van der Waals surface area contributed by atoms with E-state index in [2.05, 4.69) is 59.8 Å². The van der Waals surface area contributed by atoms with Crippen LogP contribution in [0.25, 0.3) is 0 Å². The fourth-order valence-corrected chi connectivity index (χ4v) is 2.55. The first kappa shape index (κ1) is 19.5. The van der Waals surface area contributed by atoms with Gasteiger partial charge in [0.25, 0.3) is 0 Å². The lowest BCUT2D eigenvalue weighted by Gasteiger charge is -2.23. The molecule has 4 nitrogen and oxygen atoms in total. The van der Waals surface area contributed by atoms with Gasteiger partial charge in [0.1, 0.15) is 0 Å². The van der Waals surface area contributed by atoms with E-state index in [4.69, 9.17) is 4.74 Å². The summed E-state index contributed by atoms with van der Waals surface area (Å²) in [6, 6.07) is 10.7. The second-order valence-corrected chi connectivity index (χ2v) is 6.05. The number of unbranched alkanes of at least 4 members (excludes halogenated alkanes) is 1. The van der Waals surface area contributed by atoms with Crippen LogP contribution in [0.1, 0.15) is 45.1 Å². The average molecular weight is 319 g/mol. The summed E-state index contributed by atoms with van der Waals surface area (Å²) in [6.07, 6.45) is 2.17. The molecule has 0 aliphatic rings. The third kappa shape index (κ3) is 8.03. The van der Waals surface area contributed by atoms with Gasteiger partial charge in [0, 0.05) is 39.3 Å². The minimum atomic E-state index is 0.479. The van der Waals surface area contributed by atoms with Crippen molar-refractivity contribution in [3.05, 3.63) is 35.9 Å². The van der Waals surface area contributed by atoms with E-state index in [9.17, 15) is 0 Å². The van der Waals surface area contributed by atoms with Crippen LogP contribution in [0.15, 0.2) is 35.3 Å². The molecule has 0 fully saturated rings. The number of nitrogens with zero attached hydrogens (tertiary/aromatic N) is 1. The van der Waals surface area contributed by atoms with Crippen LogP contribution in [0.3, 0.4) is 0 Å². The van der Waals surface area contributed by atoms with Crippen LogP contribution in [0.4, 0.5) is 0 Å². The van der Waals surface area contributed by atoms with Gasteiger partial charge in [-0.2, -0.15) is 0 Å². The lowest BCUT2D eigenvalue weighted by atomic mass is 9.88. The predicted molar refractivity (Wildman–Crippen MR) is 99.1 cm³/mol. The Labute approximate surface area is 141 Å². The van der Waals surface area contributed by atoms with Crippen molar-refractivity contribution >= 4 is 5.96 Å². The first-order chi connectivity index (χ1) is 11.2. The molecule has 23 heavy (non-hydrogen) atoms. The number of guanidine groups is 1. The second-order valence-electron chi connectivity index (χ2n) is 6.05. The standard InChI is InChI=1S/C19H33N3O/c1-5-23-14-10-9-13-21-19(20-4)22-15-18(16(2)3)17-11-7-6-8-12-17/h6-8,11-12,16,18H,5,9-10,13-15H2,1-4H3,(H2,20,21,22). The molecule has 0 amide bonds. The molecule has 1 atom stereocenters. The highest BCUT2D eigenvalue weighted by atomic mass is 16.5. The summed E-state index contributed by atoms with van der Waals surface area (Å²) in [4.78, 5) is 4.31. The summed E-state index contributed by atoms with van der Waals surface area (Å²) in [7, 11) is 1.82. The monoisotopic (exact) mass is 319 g/mol. The van der Waals surface area contributed by atoms with E-state index in [0.29, 0.717) is 11.8 Å². The Morgan fingerprint density at radius 3 is 2.48 bits per heavy atom. The predicted octanol–water partition coefficient (Wildman–Crippen LogP) is 3.41. The van der Waals surface area contributed by atoms with Crippen molar-refractivity contribution in [2.45, 2.75) is 39.5 Å². The number of ether oxygens (including phenoxy) is 1. The molecular formula is C19H33N3O. The van der Waals surface area contributed by atoms with Crippen LogP contribution in [0, 0.1) is 5.92 Å². The quantitative estimate of drug-likeness (QED) is 0.395. The maximum absolute atomic E-state index is 5.35. The highest BCUT2D eigenvalue weighted by molar-refractivity contribution is 5.79. The first-order valence-electron chi connectivity index (χ1n) is 8.76. The van der Waals surface area contributed by atoms with Crippen molar-refractivity contribution < 1.29 is 4.74 Å². The zero-order valence-corrected chi connectivity index (χ0v) is 15.1. The molecule has 0 aliphatic carbocycles. The number of hydrogen-bond donors (Lipinski definition) is 2. The molecule has 0 saturated carbocycles. The van der Waals surface area contributed by atoms with E-state index >= 15 is 0 Å². The summed E-state index contributed by atoms with van der Waals surface area (Å²) in [5, 5.41) is 6.83. The van der Waals surface area contributed by atoms with E-state index in [-0.39, 0.29) is 0 Å². The molecule has 0 aromatic heterocycles. The number of hydrogen-bond acceptors (Lipinski definition) is 2. The van der Waals surface area contributed by atoms with E-state index in [1.54, 1.807) is 0 Å². The van der Waals surface area contributed by atoms with Gasteiger partial charge in [0.15, 0.2) is 5.96 Å². The zero-order chi connectivity index (χ0) is 16.9. The maximum atomic E-state index is 5.35. The lowest BCUT2D eigenvalue weighted by Crippen LogP contribution is -2.40. The van der Waals surface area contributed by atoms with Gasteiger partial charge in [0.05, 0.1) is 0 Å². The van der Waals surface area contributed by atoms with Crippen molar-refractivity contribution in [3.63, 3.8) is 0 Å². The molecule has 1 aromatic rings. The average Bonchev–Trinajstić information content (AvgIpc) is 2.57. The fourth-order valence-electron chi connectivity index (χ4n) is 2.55.